The van der Waals surface area contributed by atoms with Gasteiger partial charge in [-0.05, 0) is 24.6 Å². The van der Waals surface area contributed by atoms with E-state index < -0.39 is 5.60 Å². The van der Waals surface area contributed by atoms with Gasteiger partial charge in [0.05, 0.1) is 5.60 Å². The fourth-order valence-corrected chi connectivity index (χ4v) is 2.04. The molecule has 1 aromatic carbocycles. The zero-order valence-electron chi connectivity index (χ0n) is 8.57. The Bertz CT molecular complexity index is 356. The largest absolute Gasteiger partial charge is 0.388 e. The smallest absolute Gasteiger partial charge is 0.150 e. The molecule has 3 heteroatoms. The Morgan fingerprint density at radius 2 is 2.40 bits per heavy atom. The van der Waals surface area contributed by atoms with E-state index in [-0.39, 0.29) is 0 Å². The first-order chi connectivity index (χ1) is 7.22. The summed E-state index contributed by atoms with van der Waals surface area (Å²) in [7, 11) is 0. The summed E-state index contributed by atoms with van der Waals surface area (Å²) in [6.45, 7) is 1.50. The molecule has 1 atom stereocenters. The maximum absolute atomic E-state index is 10.6. The highest BCUT2D eigenvalue weighted by Crippen LogP contribution is 2.20. The van der Waals surface area contributed by atoms with E-state index >= 15 is 0 Å². The molecule has 1 aromatic rings. The molecule has 2 N–H and O–H groups in total. The molecule has 0 aromatic heterocycles. The number of rotatable bonds is 3. The first-order valence-corrected chi connectivity index (χ1v) is 5.19. The third-order valence-corrected chi connectivity index (χ3v) is 2.84. The van der Waals surface area contributed by atoms with E-state index in [9.17, 15) is 9.90 Å². The van der Waals surface area contributed by atoms with Gasteiger partial charge in [-0.15, -0.1) is 0 Å². The molecule has 0 spiro atoms. The molecule has 1 heterocycles. The Kier molecular flexibility index (Phi) is 2.84. The minimum atomic E-state index is -0.637. The maximum atomic E-state index is 10.6. The average molecular weight is 205 g/mol. The molecule has 3 nitrogen and oxygen atoms in total. The summed E-state index contributed by atoms with van der Waals surface area (Å²) in [4.78, 5) is 10.6. The Hall–Kier alpha value is -1.19. The Morgan fingerprint density at radius 1 is 1.53 bits per heavy atom. The van der Waals surface area contributed by atoms with E-state index in [1.807, 2.05) is 18.2 Å². The quantitative estimate of drug-likeness (QED) is 0.716. The molecule has 1 fully saturated rings. The summed E-state index contributed by atoms with van der Waals surface area (Å²) in [5.41, 5.74) is 1.05. The van der Waals surface area contributed by atoms with Crippen molar-refractivity contribution in [2.75, 3.05) is 13.1 Å². The van der Waals surface area contributed by atoms with Crippen molar-refractivity contribution in [3.05, 3.63) is 35.4 Å². The van der Waals surface area contributed by atoms with Crippen molar-refractivity contribution in [2.45, 2.75) is 18.4 Å². The molecule has 1 aliphatic heterocycles. The number of nitrogens with one attached hydrogen (secondary N) is 1. The monoisotopic (exact) mass is 205 g/mol. The lowest BCUT2D eigenvalue weighted by atomic mass is 9.93. The predicted octanol–water partition coefficient (Wildman–Crippen LogP) is 0.766. The van der Waals surface area contributed by atoms with E-state index in [1.165, 1.54) is 0 Å². The van der Waals surface area contributed by atoms with Gasteiger partial charge in [0.25, 0.3) is 0 Å². The second kappa shape index (κ2) is 4.13. The molecule has 0 bridgehead atoms. The summed E-state index contributed by atoms with van der Waals surface area (Å²) < 4.78 is 0. The molecule has 0 radical (unpaired) electrons. The normalized spacial score (nSPS) is 25.4. The molecule has 0 aliphatic carbocycles. The van der Waals surface area contributed by atoms with E-state index in [4.69, 9.17) is 0 Å². The standard InChI is InChI=1S/C12H15NO2/c14-8-11-3-1-2-10(6-11)7-12(15)4-5-13-9-12/h1-3,6,8,13,15H,4-5,7,9H2. The highest BCUT2D eigenvalue weighted by atomic mass is 16.3. The van der Waals surface area contributed by atoms with Crippen LogP contribution in [0.15, 0.2) is 24.3 Å². The van der Waals surface area contributed by atoms with E-state index in [1.54, 1.807) is 6.07 Å². The number of aldehydes is 1. The lowest BCUT2D eigenvalue weighted by Gasteiger charge is -2.21. The molecule has 2 rings (SSSR count). The van der Waals surface area contributed by atoms with Crippen molar-refractivity contribution in [2.24, 2.45) is 0 Å². The fourth-order valence-electron chi connectivity index (χ4n) is 2.04. The lowest BCUT2D eigenvalue weighted by molar-refractivity contribution is 0.0618. The minimum absolute atomic E-state index is 0.613. The van der Waals surface area contributed by atoms with Crippen LogP contribution in [-0.2, 0) is 6.42 Å². The van der Waals surface area contributed by atoms with Crippen molar-refractivity contribution < 1.29 is 9.90 Å². The second-order valence-electron chi connectivity index (χ2n) is 4.19. The van der Waals surface area contributed by atoms with Crippen molar-refractivity contribution >= 4 is 6.29 Å². The summed E-state index contributed by atoms with van der Waals surface area (Å²) in [5, 5.41) is 13.3. The van der Waals surface area contributed by atoms with Crippen LogP contribution in [0, 0.1) is 0 Å². The predicted molar refractivity (Wildman–Crippen MR) is 58.0 cm³/mol. The van der Waals surface area contributed by atoms with Gasteiger partial charge in [0.1, 0.15) is 6.29 Å². The van der Waals surface area contributed by atoms with Crippen LogP contribution in [0.1, 0.15) is 22.3 Å². The molecular weight excluding hydrogens is 190 g/mol. The van der Waals surface area contributed by atoms with Crippen molar-refractivity contribution in [3.8, 4) is 0 Å². The molecule has 0 amide bonds. The molecule has 1 aliphatic rings. The van der Waals surface area contributed by atoms with Crippen LogP contribution in [-0.4, -0.2) is 30.1 Å². The molecule has 1 unspecified atom stereocenters. The van der Waals surface area contributed by atoms with Gasteiger partial charge in [0, 0.05) is 18.5 Å². The molecule has 0 saturated carbocycles. The number of carbonyl (C=O) groups is 1. The zero-order valence-corrected chi connectivity index (χ0v) is 8.57. The van der Waals surface area contributed by atoms with E-state index in [2.05, 4.69) is 5.32 Å². The Morgan fingerprint density at radius 3 is 3.07 bits per heavy atom. The number of aliphatic hydroxyl groups is 1. The summed E-state index contributed by atoms with van der Waals surface area (Å²) >= 11 is 0. The first-order valence-electron chi connectivity index (χ1n) is 5.19. The minimum Gasteiger partial charge on any atom is -0.388 e. The highest BCUT2D eigenvalue weighted by Gasteiger charge is 2.30. The van der Waals surface area contributed by atoms with E-state index in [0.29, 0.717) is 18.5 Å². The molecular formula is C12H15NO2. The van der Waals surface area contributed by atoms with Crippen molar-refractivity contribution in [3.63, 3.8) is 0 Å². The van der Waals surface area contributed by atoms with Crippen molar-refractivity contribution in [1.29, 1.82) is 0 Å². The van der Waals surface area contributed by atoms with Crippen LogP contribution in [0.5, 0.6) is 0 Å². The Labute approximate surface area is 89.1 Å². The summed E-state index contributed by atoms with van der Waals surface area (Å²) in [6, 6.07) is 7.41. The van der Waals surface area contributed by atoms with Gasteiger partial charge in [0.15, 0.2) is 0 Å². The molecule has 15 heavy (non-hydrogen) atoms. The van der Waals surface area contributed by atoms with Gasteiger partial charge in [-0.3, -0.25) is 4.79 Å². The molecule has 1 saturated heterocycles. The number of β-amino-alcohol motifs (C(OH)–C–C–N with tert-alkyl or cyclic N) is 1. The fraction of sp³-hybridized carbons (Fsp3) is 0.417. The maximum Gasteiger partial charge on any atom is 0.150 e. The van der Waals surface area contributed by atoms with Gasteiger partial charge in [0.2, 0.25) is 0 Å². The van der Waals surface area contributed by atoms with Gasteiger partial charge in [-0.1, -0.05) is 18.2 Å². The van der Waals surface area contributed by atoms with Gasteiger partial charge < -0.3 is 10.4 Å². The number of benzene rings is 1. The van der Waals surface area contributed by atoms with Crippen LogP contribution in [0.4, 0.5) is 0 Å². The second-order valence-corrected chi connectivity index (χ2v) is 4.19. The van der Waals surface area contributed by atoms with Gasteiger partial charge >= 0.3 is 0 Å². The van der Waals surface area contributed by atoms with Crippen LogP contribution in [0.2, 0.25) is 0 Å². The third-order valence-electron chi connectivity index (χ3n) is 2.84. The average Bonchev–Trinajstić information content (AvgIpc) is 2.65. The third kappa shape index (κ3) is 2.43. The SMILES string of the molecule is O=Cc1cccc(CC2(O)CCNC2)c1. The molecule has 80 valence electrons. The number of hydrogen-bond acceptors (Lipinski definition) is 3. The summed E-state index contributed by atoms with van der Waals surface area (Å²) in [6.07, 6.45) is 2.22. The van der Waals surface area contributed by atoms with Crippen molar-refractivity contribution in [1.82, 2.24) is 5.32 Å². The summed E-state index contributed by atoms with van der Waals surface area (Å²) in [5.74, 6) is 0. The van der Waals surface area contributed by atoms with Crippen LogP contribution in [0.25, 0.3) is 0 Å². The lowest BCUT2D eigenvalue weighted by Crippen LogP contribution is -2.33. The van der Waals surface area contributed by atoms with Crippen LogP contribution < -0.4 is 5.32 Å². The van der Waals surface area contributed by atoms with E-state index in [0.717, 1.165) is 24.8 Å². The zero-order chi connectivity index (χ0) is 10.7. The van der Waals surface area contributed by atoms with Crippen LogP contribution in [0.3, 0.4) is 0 Å². The highest BCUT2D eigenvalue weighted by molar-refractivity contribution is 5.74. The van der Waals surface area contributed by atoms with Gasteiger partial charge in [-0.25, -0.2) is 0 Å². The Balaban J connectivity index is 2.12. The first kappa shape index (κ1) is 10.3. The van der Waals surface area contributed by atoms with Gasteiger partial charge in [-0.2, -0.15) is 0 Å². The topological polar surface area (TPSA) is 49.3 Å². The van der Waals surface area contributed by atoms with Crippen LogP contribution >= 0.6 is 0 Å². The number of hydrogen-bond donors (Lipinski definition) is 2. The number of carbonyl (C=O) groups excluding carboxylic acids is 1.